The van der Waals surface area contributed by atoms with Crippen LogP contribution in [0.5, 0.6) is 0 Å². The Morgan fingerprint density at radius 3 is 2.61 bits per heavy atom. The van der Waals surface area contributed by atoms with Gasteiger partial charge in [0.1, 0.15) is 11.6 Å². The van der Waals surface area contributed by atoms with Gasteiger partial charge in [-0.15, -0.1) is 12.4 Å². The number of carbonyl (C=O) groups is 1. The summed E-state index contributed by atoms with van der Waals surface area (Å²) in [6, 6.07) is 6.69. The second-order valence-electron chi connectivity index (χ2n) is 4.58. The van der Waals surface area contributed by atoms with E-state index in [1.54, 1.807) is 12.1 Å². The Labute approximate surface area is 113 Å². The van der Waals surface area contributed by atoms with Crippen molar-refractivity contribution in [2.45, 2.75) is 25.7 Å². The SMILES string of the molecule is Cl.O=C(CCc1ccccc1F)C1CCNCC1. The van der Waals surface area contributed by atoms with Crippen molar-refractivity contribution in [1.82, 2.24) is 5.32 Å². The van der Waals surface area contributed by atoms with E-state index < -0.39 is 0 Å². The predicted octanol–water partition coefficient (Wildman–Crippen LogP) is 2.75. The summed E-state index contributed by atoms with van der Waals surface area (Å²) in [5.41, 5.74) is 0.648. The van der Waals surface area contributed by atoms with Crippen LogP contribution in [-0.4, -0.2) is 18.9 Å². The van der Waals surface area contributed by atoms with Crippen LogP contribution in [0.25, 0.3) is 0 Å². The lowest BCUT2D eigenvalue weighted by Crippen LogP contribution is -2.31. The summed E-state index contributed by atoms with van der Waals surface area (Å²) in [6.45, 7) is 1.85. The largest absolute Gasteiger partial charge is 0.317 e. The summed E-state index contributed by atoms with van der Waals surface area (Å²) >= 11 is 0. The molecule has 0 unspecified atom stereocenters. The molecule has 18 heavy (non-hydrogen) atoms. The molecule has 1 aliphatic rings. The first-order chi connectivity index (χ1) is 8.27. The van der Waals surface area contributed by atoms with Gasteiger partial charge in [0, 0.05) is 12.3 Å². The molecule has 0 bridgehead atoms. The van der Waals surface area contributed by atoms with E-state index in [4.69, 9.17) is 0 Å². The van der Waals surface area contributed by atoms with Gasteiger partial charge in [-0.05, 0) is 44.0 Å². The summed E-state index contributed by atoms with van der Waals surface area (Å²) < 4.78 is 13.4. The molecule has 4 heteroatoms. The van der Waals surface area contributed by atoms with Gasteiger partial charge in [0.25, 0.3) is 0 Å². The molecule has 1 aromatic rings. The van der Waals surface area contributed by atoms with Crippen LogP contribution in [0.2, 0.25) is 0 Å². The van der Waals surface area contributed by atoms with E-state index >= 15 is 0 Å². The lowest BCUT2D eigenvalue weighted by atomic mass is 9.90. The summed E-state index contributed by atoms with van der Waals surface area (Å²) in [4.78, 5) is 11.9. The zero-order chi connectivity index (χ0) is 12.1. The van der Waals surface area contributed by atoms with Gasteiger partial charge < -0.3 is 5.32 Å². The van der Waals surface area contributed by atoms with Crippen LogP contribution in [0.4, 0.5) is 4.39 Å². The van der Waals surface area contributed by atoms with Crippen molar-refractivity contribution in [3.8, 4) is 0 Å². The van der Waals surface area contributed by atoms with Gasteiger partial charge in [0.05, 0.1) is 0 Å². The molecule has 0 aromatic heterocycles. The molecule has 1 aliphatic heterocycles. The van der Waals surface area contributed by atoms with Crippen molar-refractivity contribution in [2.24, 2.45) is 5.92 Å². The minimum absolute atomic E-state index is 0. The third-order valence-electron chi connectivity index (χ3n) is 3.39. The Bertz CT molecular complexity index is 391. The fourth-order valence-electron chi connectivity index (χ4n) is 2.31. The first-order valence-corrected chi connectivity index (χ1v) is 6.24. The Balaban J connectivity index is 0.00000162. The highest BCUT2D eigenvalue weighted by Gasteiger charge is 2.20. The molecule has 0 radical (unpaired) electrons. The van der Waals surface area contributed by atoms with Crippen molar-refractivity contribution < 1.29 is 9.18 Å². The molecule has 1 saturated heterocycles. The quantitative estimate of drug-likeness (QED) is 0.912. The van der Waals surface area contributed by atoms with Crippen LogP contribution >= 0.6 is 12.4 Å². The number of ketones is 1. The Hall–Kier alpha value is -0.930. The minimum atomic E-state index is -0.203. The van der Waals surface area contributed by atoms with E-state index in [9.17, 15) is 9.18 Å². The molecular weight excluding hydrogens is 253 g/mol. The zero-order valence-electron chi connectivity index (χ0n) is 10.3. The second-order valence-corrected chi connectivity index (χ2v) is 4.58. The molecule has 0 amide bonds. The maximum Gasteiger partial charge on any atom is 0.136 e. The first-order valence-electron chi connectivity index (χ1n) is 6.24. The number of hydrogen-bond acceptors (Lipinski definition) is 2. The highest BCUT2D eigenvalue weighted by molar-refractivity contribution is 5.85. The van der Waals surface area contributed by atoms with Crippen molar-refractivity contribution in [2.75, 3.05) is 13.1 Å². The van der Waals surface area contributed by atoms with E-state index in [-0.39, 0.29) is 29.9 Å². The number of Topliss-reactive ketones (excluding diaryl/α,β-unsaturated/α-hetero) is 1. The fraction of sp³-hybridized carbons (Fsp3) is 0.500. The molecule has 1 fully saturated rings. The molecule has 1 aromatic carbocycles. The Morgan fingerprint density at radius 2 is 1.94 bits per heavy atom. The van der Waals surface area contributed by atoms with Crippen molar-refractivity contribution in [1.29, 1.82) is 0 Å². The number of halogens is 2. The van der Waals surface area contributed by atoms with Gasteiger partial charge in [-0.25, -0.2) is 4.39 Å². The Kier molecular flexibility index (Phi) is 6.30. The minimum Gasteiger partial charge on any atom is -0.317 e. The molecule has 0 aliphatic carbocycles. The highest BCUT2D eigenvalue weighted by atomic mass is 35.5. The fourth-order valence-corrected chi connectivity index (χ4v) is 2.31. The standard InChI is InChI=1S/C14H18FNO.ClH/c15-13-4-2-1-3-11(13)5-6-14(17)12-7-9-16-10-8-12;/h1-4,12,16H,5-10H2;1H. The number of rotatable bonds is 4. The molecular formula is C14H19ClFNO. The second kappa shape index (κ2) is 7.49. The first kappa shape index (κ1) is 15.1. The third-order valence-corrected chi connectivity index (χ3v) is 3.39. The van der Waals surface area contributed by atoms with Crippen LogP contribution in [0, 0.1) is 11.7 Å². The van der Waals surface area contributed by atoms with E-state index in [2.05, 4.69) is 5.32 Å². The van der Waals surface area contributed by atoms with E-state index in [0.29, 0.717) is 18.4 Å². The number of piperidine rings is 1. The molecule has 2 nitrogen and oxygen atoms in total. The molecule has 0 spiro atoms. The molecule has 2 rings (SSSR count). The topological polar surface area (TPSA) is 29.1 Å². The van der Waals surface area contributed by atoms with E-state index in [1.165, 1.54) is 6.07 Å². The van der Waals surface area contributed by atoms with Crippen molar-refractivity contribution in [3.05, 3.63) is 35.6 Å². The number of aryl methyl sites for hydroxylation is 1. The Morgan fingerprint density at radius 1 is 1.28 bits per heavy atom. The smallest absolute Gasteiger partial charge is 0.136 e. The van der Waals surface area contributed by atoms with E-state index in [1.807, 2.05) is 6.07 Å². The number of hydrogen-bond donors (Lipinski definition) is 1. The van der Waals surface area contributed by atoms with Crippen LogP contribution in [0.3, 0.4) is 0 Å². The molecule has 0 atom stereocenters. The van der Waals surface area contributed by atoms with Crippen molar-refractivity contribution >= 4 is 18.2 Å². The lowest BCUT2D eigenvalue weighted by molar-refractivity contribution is -0.123. The average molecular weight is 272 g/mol. The van der Waals surface area contributed by atoms with Gasteiger partial charge >= 0.3 is 0 Å². The van der Waals surface area contributed by atoms with Crippen LogP contribution in [-0.2, 0) is 11.2 Å². The summed E-state index contributed by atoms with van der Waals surface area (Å²) in [7, 11) is 0. The lowest BCUT2D eigenvalue weighted by Gasteiger charge is -2.21. The maximum absolute atomic E-state index is 13.4. The van der Waals surface area contributed by atoms with Gasteiger partial charge in [-0.1, -0.05) is 18.2 Å². The predicted molar refractivity (Wildman–Crippen MR) is 72.6 cm³/mol. The number of benzene rings is 1. The third kappa shape index (κ3) is 4.07. The van der Waals surface area contributed by atoms with Crippen LogP contribution < -0.4 is 5.32 Å². The molecule has 1 heterocycles. The van der Waals surface area contributed by atoms with Crippen LogP contribution in [0.1, 0.15) is 24.8 Å². The molecule has 1 N–H and O–H groups in total. The highest BCUT2D eigenvalue weighted by Crippen LogP contribution is 2.17. The maximum atomic E-state index is 13.4. The van der Waals surface area contributed by atoms with Crippen LogP contribution in [0.15, 0.2) is 24.3 Å². The zero-order valence-corrected chi connectivity index (χ0v) is 11.1. The molecule has 0 saturated carbocycles. The van der Waals surface area contributed by atoms with Gasteiger partial charge in [-0.2, -0.15) is 0 Å². The molecule has 100 valence electrons. The van der Waals surface area contributed by atoms with Gasteiger partial charge in [0.2, 0.25) is 0 Å². The average Bonchev–Trinajstić information content (AvgIpc) is 2.38. The normalized spacial score (nSPS) is 16.1. The monoisotopic (exact) mass is 271 g/mol. The summed E-state index contributed by atoms with van der Waals surface area (Å²) in [5.74, 6) is 0.267. The summed E-state index contributed by atoms with van der Waals surface area (Å²) in [5, 5.41) is 3.24. The van der Waals surface area contributed by atoms with Gasteiger partial charge in [0.15, 0.2) is 0 Å². The number of carbonyl (C=O) groups excluding carboxylic acids is 1. The van der Waals surface area contributed by atoms with Gasteiger partial charge in [-0.3, -0.25) is 4.79 Å². The number of nitrogens with one attached hydrogen (secondary N) is 1. The van der Waals surface area contributed by atoms with Crippen molar-refractivity contribution in [3.63, 3.8) is 0 Å². The van der Waals surface area contributed by atoms with E-state index in [0.717, 1.165) is 25.9 Å². The summed E-state index contributed by atoms with van der Waals surface area (Å²) in [6.07, 6.45) is 2.84.